The van der Waals surface area contributed by atoms with Crippen LogP contribution in [0.1, 0.15) is 5.76 Å². The minimum atomic E-state index is -0.575. The highest BCUT2D eigenvalue weighted by Crippen LogP contribution is 2.30. The molecule has 3 heterocycles. The Morgan fingerprint density at radius 1 is 1.09 bits per heavy atom. The maximum Gasteiger partial charge on any atom is 0.270 e. The van der Waals surface area contributed by atoms with Gasteiger partial charge in [0.15, 0.2) is 15.4 Å². The van der Waals surface area contributed by atoms with E-state index in [1.165, 1.54) is 22.7 Å². The van der Waals surface area contributed by atoms with Gasteiger partial charge in [-0.1, -0.05) is 34.1 Å². The first-order valence-electron chi connectivity index (χ1n) is 9.37. The summed E-state index contributed by atoms with van der Waals surface area (Å²) in [6, 6.07) is 18.3. The maximum absolute atomic E-state index is 13.1. The van der Waals surface area contributed by atoms with E-state index in [0.717, 1.165) is 15.5 Å². The number of imidazole rings is 1. The molecular weight excluding hydrogens is 512 g/mol. The summed E-state index contributed by atoms with van der Waals surface area (Å²) >= 11 is 9.92. The van der Waals surface area contributed by atoms with Crippen LogP contribution in [0.4, 0.5) is 5.69 Å². The van der Waals surface area contributed by atoms with Crippen molar-refractivity contribution in [1.82, 2.24) is 15.3 Å². The maximum atomic E-state index is 13.1. The molecule has 2 aromatic carbocycles. The zero-order valence-corrected chi connectivity index (χ0v) is 19.4. The molecule has 2 aromatic heterocycles. The molecule has 10 heteroatoms. The second-order valence-corrected chi connectivity index (χ2v) is 9.05. The van der Waals surface area contributed by atoms with E-state index in [-0.39, 0.29) is 10.7 Å². The summed E-state index contributed by atoms with van der Waals surface area (Å²) in [5.74, 6) is -0.738. The van der Waals surface area contributed by atoms with Gasteiger partial charge < -0.3 is 9.40 Å². The number of benzene rings is 2. The highest BCUT2D eigenvalue weighted by atomic mass is 79.9. The Labute approximate surface area is 200 Å². The van der Waals surface area contributed by atoms with Crippen molar-refractivity contribution in [3.05, 3.63) is 76.5 Å². The third-order valence-corrected chi connectivity index (χ3v) is 6.21. The second kappa shape index (κ2) is 8.38. The number of thiocarbonyl (C=S) groups is 1. The molecule has 1 saturated heterocycles. The SMILES string of the molecule is O=C1NC(=S)N(c2cccc(Br)c2)C(=O)/C1=C/c1ccc(Sc2nc3ccccc3[nH]2)o1. The Morgan fingerprint density at radius 3 is 2.75 bits per heavy atom. The fraction of sp³-hybridized carbons (Fsp3) is 0. The lowest BCUT2D eigenvalue weighted by molar-refractivity contribution is -0.122. The van der Waals surface area contributed by atoms with Crippen LogP contribution in [0.2, 0.25) is 0 Å². The number of nitrogens with zero attached hydrogens (tertiary/aromatic N) is 2. The van der Waals surface area contributed by atoms with E-state index < -0.39 is 11.8 Å². The van der Waals surface area contributed by atoms with E-state index in [9.17, 15) is 9.59 Å². The predicted octanol–water partition coefficient (Wildman–Crippen LogP) is 4.90. The van der Waals surface area contributed by atoms with Crippen molar-refractivity contribution in [2.24, 2.45) is 0 Å². The molecule has 1 aliphatic rings. The molecule has 1 fully saturated rings. The summed E-state index contributed by atoms with van der Waals surface area (Å²) in [6.45, 7) is 0. The van der Waals surface area contributed by atoms with Gasteiger partial charge in [-0.2, -0.15) is 0 Å². The van der Waals surface area contributed by atoms with Gasteiger partial charge >= 0.3 is 0 Å². The van der Waals surface area contributed by atoms with Crippen LogP contribution in [-0.4, -0.2) is 26.9 Å². The van der Waals surface area contributed by atoms with Crippen LogP contribution >= 0.6 is 39.9 Å². The van der Waals surface area contributed by atoms with Gasteiger partial charge in [0.1, 0.15) is 11.3 Å². The number of fused-ring (bicyclic) bond motifs is 1. The summed E-state index contributed by atoms with van der Waals surface area (Å²) in [5, 5.41) is 3.83. The average molecular weight is 525 g/mol. The monoisotopic (exact) mass is 524 g/mol. The molecule has 158 valence electrons. The summed E-state index contributed by atoms with van der Waals surface area (Å²) < 4.78 is 6.59. The number of amides is 2. The third-order valence-electron chi connectivity index (χ3n) is 4.62. The number of carbonyl (C=O) groups excluding carboxylic acids is 2. The van der Waals surface area contributed by atoms with Crippen molar-refractivity contribution in [3.8, 4) is 0 Å². The van der Waals surface area contributed by atoms with Crippen LogP contribution < -0.4 is 10.2 Å². The van der Waals surface area contributed by atoms with Gasteiger partial charge in [-0.3, -0.25) is 19.8 Å². The molecule has 0 radical (unpaired) electrons. The van der Waals surface area contributed by atoms with Crippen LogP contribution in [0.15, 0.2) is 85.4 Å². The van der Waals surface area contributed by atoms with Gasteiger partial charge in [0.2, 0.25) is 0 Å². The number of aromatic nitrogens is 2. The standard InChI is InChI=1S/C22H13BrN4O3S2/c23-12-4-3-5-13(10-12)27-20(29)15(19(28)26-22(27)31)11-14-8-9-18(30-14)32-21-24-16-6-1-2-7-17(16)25-21/h1-11H,(H,24,25)(H,26,28,31)/b15-11+. The van der Waals surface area contributed by atoms with Gasteiger partial charge in [0.25, 0.3) is 11.8 Å². The first-order chi connectivity index (χ1) is 15.5. The van der Waals surface area contributed by atoms with Crippen LogP contribution in [0.3, 0.4) is 0 Å². The number of hydrogen-bond donors (Lipinski definition) is 2. The Kier molecular flexibility index (Phi) is 5.41. The molecule has 0 saturated carbocycles. The van der Waals surface area contributed by atoms with Crippen LogP contribution in [0.5, 0.6) is 0 Å². The van der Waals surface area contributed by atoms with Gasteiger partial charge in [0.05, 0.1) is 16.7 Å². The minimum Gasteiger partial charge on any atom is -0.450 e. The molecule has 4 aromatic rings. The number of anilines is 1. The smallest absolute Gasteiger partial charge is 0.270 e. The van der Waals surface area contributed by atoms with E-state index in [4.69, 9.17) is 16.6 Å². The highest BCUT2D eigenvalue weighted by molar-refractivity contribution is 9.10. The van der Waals surface area contributed by atoms with E-state index >= 15 is 0 Å². The number of para-hydroxylation sites is 2. The molecule has 2 amide bonds. The number of halogens is 1. The molecule has 1 aliphatic heterocycles. The minimum absolute atomic E-state index is 0.0239. The average Bonchev–Trinajstić information content (AvgIpc) is 3.37. The van der Waals surface area contributed by atoms with E-state index in [2.05, 4.69) is 31.2 Å². The molecule has 0 unspecified atom stereocenters. The topological polar surface area (TPSA) is 91.2 Å². The fourth-order valence-corrected chi connectivity index (χ4v) is 4.63. The molecule has 0 atom stereocenters. The number of aromatic amines is 1. The van der Waals surface area contributed by atoms with Gasteiger partial charge in [-0.25, -0.2) is 4.98 Å². The molecule has 7 nitrogen and oxygen atoms in total. The van der Waals surface area contributed by atoms with Crippen LogP contribution in [-0.2, 0) is 9.59 Å². The second-order valence-electron chi connectivity index (χ2n) is 6.76. The first kappa shape index (κ1) is 20.7. The van der Waals surface area contributed by atoms with Crippen molar-refractivity contribution < 1.29 is 14.0 Å². The Balaban J connectivity index is 1.41. The summed E-state index contributed by atoms with van der Waals surface area (Å²) in [6.07, 6.45) is 1.41. The number of nitrogens with one attached hydrogen (secondary N) is 2. The lowest BCUT2D eigenvalue weighted by Crippen LogP contribution is -2.54. The normalized spacial score (nSPS) is 15.6. The predicted molar refractivity (Wildman–Crippen MR) is 129 cm³/mol. The lowest BCUT2D eigenvalue weighted by Gasteiger charge is -2.28. The fourth-order valence-electron chi connectivity index (χ4n) is 3.19. The summed E-state index contributed by atoms with van der Waals surface area (Å²) in [4.78, 5) is 34.6. The van der Waals surface area contributed by atoms with E-state index in [1.54, 1.807) is 30.3 Å². The zero-order chi connectivity index (χ0) is 22.2. The van der Waals surface area contributed by atoms with E-state index in [1.807, 2.05) is 30.3 Å². The molecular formula is C22H13BrN4O3S2. The van der Waals surface area contributed by atoms with Crippen molar-refractivity contribution in [2.75, 3.05) is 4.90 Å². The lowest BCUT2D eigenvalue weighted by atomic mass is 10.1. The van der Waals surface area contributed by atoms with Crippen molar-refractivity contribution >= 4 is 79.6 Å². The highest BCUT2D eigenvalue weighted by Gasteiger charge is 2.34. The number of rotatable bonds is 4. The molecule has 2 N–H and O–H groups in total. The van der Waals surface area contributed by atoms with E-state index in [0.29, 0.717) is 21.7 Å². The summed E-state index contributed by atoms with van der Waals surface area (Å²) in [7, 11) is 0. The quantitative estimate of drug-likeness (QED) is 0.224. The zero-order valence-electron chi connectivity index (χ0n) is 16.2. The number of H-pyrrole nitrogens is 1. The molecule has 32 heavy (non-hydrogen) atoms. The summed E-state index contributed by atoms with van der Waals surface area (Å²) in [5.41, 5.74) is 2.25. The number of carbonyl (C=O) groups is 2. The first-order valence-corrected chi connectivity index (χ1v) is 11.4. The van der Waals surface area contributed by atoms with Crippen molar-refractivity contribution in [1.29, 1.82) is 0 Å². The molecule has 0 aliphatic carbocycles. The largest absolute Gasteiger partial charge is 0.450 e. The Morgan fingerprint density at radius 2 is 1.94 bits per heavy atom. The molecule has 0 spiro atoms. The molecule has 5 rings (SSSR count). The van der Waals surface area contributed by atoms with Crippen molar-refractivity contribution in [3.63, 3.8) is 0 Å². The number of furan rings is 1. The van der Waals surface area contributed by atoms with Crippen molar-refractivity contribution in [2.45, 2.75) is 10.2 Å². The Hall–Kier alpha value is -3.21. The van der Waals surface area contributed by atoms with Gasteiger partial charge in [-0.15, -0.1) is 0 Å². The van der Waals surface area contributed by atoms with Crippen LogP contribution in [0.25, 0.3) is 17.1 Å². The van der Waals surface area contributed by atoms with Gasteiger partial charge in [-0.05, 0) is 72.5 Å². The van der Waals surface area contributed by atoms with Gasteiger partial charge in [0, 0.05) is 4.47 Å². The Bertz CT molecular complexity index is 1390. The number of hydrogen-bond acceptors (Lipinski definition) is 6. The third kappa shape index (κ3) is 3.99. The molecule has 0 bridgehead atoms. The van der Waals surface area contributed by atoms with Crippen LogP contribution in [0, 0.1) is 0 Å².